The third kappa shape index (κ3) is 12.5. The maximum absolute atomic E-state index is 13.7. The van der Waals surface area contributed by atoms with E-state index >= 15 is 0 Å². The molecule has 2 aliphatic rings. The number of nitrogens with two attached hydrogens (primary N) is 1. The van der Waals surface area contributed by atoms with Crippen LogP contribution in [0.1, 0.15) is 51.4 Å². The molecule has 7 N–H and O–H groups in total. The van der Waals surface area contributed by atoms with Crippen molar-refractivity contribution in [1.29, 1.82) is 0 Å². The van der Waals surface area contributed by atoms with Gasteiger partial charge in [-0.1, -0.05) is 0 Å². The van der Waals surface area contributed by atoms with Crippen LogP contribution in [0.4, 0.5) is 14.7 Å². The van der Waals surface area contributed by atoms with Crippen LogP contribution >= 0.6 is 11.6 Å². The molecule has 2 aromatic carbocycles. The molecule has 0 radical (unpaired) electrons. The zero-order valence-electron chi connectivity index (χ0n) is 33.7. The average Bonchev–Trinajstić information content (AvgIpc) is 3.83. The van der Waals surface area contributed by atoms with E-state index in [-0.39, 0.29) is 41.1 Å². The third-order valence-electron chi connectivity index (χ3n) is 10.0. The quantitative estimate of drug-likeness (QED) is 0.0983. The minimum atomic E-state index is -3.19. The van der Waals surface area contributed by atoms with Crippen LogP contribution in [0.25, 0.3) is 44.6 Å². The lowest BCUT2D eigenvalue weighted by atomic mass is 9.92. The lowest BCUT2D eigenvalue weighted by Gasteiger charge is -2.29. The summed E-state index contributed by atoms with van der Waals surface area (Å²) in [4.78, 5) is 16.7. The summed E-state index contributed by atoms with van der Waals surface area (Å²) < 4.78 is 87.4. The van der Waals surface area contributed by atoms with Gasteiger partial charge in [0, 0.05) is 47.7 Å². The number of anilines is 1. The lowest BCUT2D eigenvalue weighted by molar-refractivity contribution is 0.374. The number of halogens is 3. The number of methoxy groups -OCH3 is 2. The van der Waals surface area contributed by atoms with Gasteiger partial charge >= 0.3 is 0 Å². The molecule has 2 fully saturated rings. The van der Waals surface area contributed by atoms with E-state index < -0.39 is 20.0 Å². The molecule has 4 heterocycles. The first-order valence-electron chi connectivity index (χ1n) is 19.2. The molecular formula is C38H47ClF2N12O6S2. The van der Waals surface area contributed by atoms with Gasteiger partial charge in [-0.3, -0.25) is 10.2 Å². The first-order valence-corrected chi connectivity index (χ1v) is 23.4. The topological polar surface area (TPSA) is 258 Å². The van der Waals surface area contributed by atoms with E-state index in [1.165, 1.54) is 57.2 Å². The van der Waals surface area contributed by atoms with Crippen LogP contribution in [-0.2, 0) is 20.0 Å². The molecule has 0 bridgehead atoms. The molecular weight excluding hydrogens is 858 g/mol. The number of aromatic nitrogens is 8. The molecule has 8 rings (SSSR count). The van der Waals surface area contributed by atoms with Crippen molar-refractivity contribution in [3.05, 3.63) is 65.7 Å². The minimum Gasteiger partial charge on any atom is -0.496 e. The summed E-state index contributed by atoms with van der Waals surface area (Å²) in [5, 5.41) is 18.7. The smallest absolute Gasteiger partial charge is 0.224 e. The van der Waals surface area contributed by atoms with Crippen molar-refractivity contribution >= 4 is 59.7 Å². The van der Waals surface area contributed by atoms with Gasteiger partial charge in [-0.25, -0.2) is 45.0 Å². The molecule has 2 saturated carbocycles. The van der Waals surface area contributed by atoms with E-state index in [2.05, 4.69) is 55.1 Å². The molecule has 18 nitrogen and oxygen atoms in total. The molecule has 4 aromatic heterocycles. The van der Waals surface area contributed by atoms with Gasteiger partial charge in [-0.15, -0.1) is 0 Å². The number of sulfonamides is 2. The van der Waals surface area contributed by atoms with Crippen LogP contribution in [0, 0.1) is 11.6 Å². The second-order valence-corrected chi connectivity index (χ2v) is 18.7. The predicted octanol–water partition coefficient (Wildman–Crippen LogP) is 5.07. The lowest BCUT2D eigenvalue weighted by Crippen LogP contribution is -2.39. The van der Waals surface area contributed by atoms with Crippen molar-refractivity contribution in [3.8, 4) is 34.0 Å². The summed E-state index contributed by atoms with van der Waals surface area (Å²) in [6, 6.07) is 9.01. The molecule has 0 saturated heterocycles. The summed E-state index contributed by atoms with van der Waals surface area (Å²) in [6.45, 7) is 0. The molecule has 2 aliphatic carbocycles. The number of hydrogen-bond acceptors (Lipinski definition) is 14. The molecule has 6 aromatic rings. The Morgan fingerprint density at radius 1 is 0.689 bits per heavy atom. The van der Waals surface area contributed by atoms with E-state index in [0.29, 0.717) is 62.0 Å². The Labute approximate surface area is 356 Å². The largest absolute Gasteiger partial charge is 0.496 e. The second kappa shape index (κ2) is 19.7. The highest BCUT2D eigenvalue weighted by molar-refractivity contribution is 7.89. The highest BCUT2D eigenvalue weighted by Crippen LogP contribution is 2.35. The van der Waals surface area contributed by atoms with Gasteiger partial charge in [-0.05, 0) is 99.4 Å². The SMILES string of the molecule is COc1ccc(F)cc1-c1[nH]nc2nc(Cl)ncc12.COc1ccc(F)cc1-c1[nH]nc2nc(NC3CCC(NS(C)(=O)=O)CC3)ncc12.CS(=O)(=O)NC1CCC(N)CC1. The Morgan fingerprint density at radius 2 is 1.13 bits per heavy atom. The van der Waals surface area contributed by atoms with E-state index in [0.717, 1.165) is 51.4 Å². The van der Waals surface area contributed by atoms with E-state index in [9.17, 15) is 25.6 Å². The van der Waals surface area contributed by atoms with E-state index in [4.69, 9.17) is 26.8 Å². The number of hydrogen-bond donors (Lipinski definition) is 6. The fourth-order valence-electron chi connectivity index (χ4n) is 7.20. The molecule has 23 heteroatoms. The standard InChI is InChI=1S/C19H23FN6O3S.C12H8ClFN4O.C7H16N2O2S/c1-29-16-8-3-11(20)9-14(16)17-15-10-21-19(23-18(15)25-24-17)22-12-4-6-13(7-5-12)26-30(2,27)28;1-19-9-3-2-6(14)4-7(9)10-8-5-15-12(13)16-11(8)18-17-10;1-12(10,11)9-7-4-2-6(8)3-5-7/h3,8-10,12-13,26H,4-7H2,1-2H3,(H2,21,22,23,24,25);2-5H,1H3,(H,15,16,17,18);6-7,9H,2-5,8H2,1H3. The van der Waals surface area contributed by atoms with Crippen LogP contribution in [0.3, 0.4) is 0 Å². The number of nitrogens with one attached hydrogen (secondary N) is 5. The molecule has 328 valence electrons. The van der Waals surface area contributed by atoms with Crippen LogP contribution in [0.5, 0.6) is 11.5 Å². The second-order valence-electron chi connectivity index (χ2n) is 14.8. The number of aromatic amines is 2. The Kier molecular flexibility index (Phi) is 14.7. The summed E-state index contributed by atoms with van der Waals surface area (Å²) >= 11 is 5.70. The maximum Gasteiger partial charge on any atom is 0.224 e. The Morgan fingerprint density at radius 3 is 1.61 bits per heavy atom. The van der Waals surface area contributed by atoms with Crippen molar-refractivity contribution in [2.75, 3.05) is 32.0 Å². The van der Waals surface area contributed by atoms with Gasteiger partial charge < -0.3 is 20.5 Å². The van der Waals surface area contributed by atoms with Crippen molar-refractivity contribution in [3.63, 3.8) is 0 Å². The molecule has 61 heavy (non-hydrogen) atoms. The van der Waals surface area contributed by atoms with Gasteiger partial charge in [0.1, 0.15) is 23.1 Å². The highest BCUT2D eigenvalue weighted by Gasteiger charge is 2.25. The number of rotatable bonds is 10. The fraction of sp³-hybridized carbons (Fsp3) is 0.421. The van der Waals surface area contributed by atoms with Crippen LogP contribution in [0.2, 0.25) is 5.28 Å². The molecule has 0 atom stereocenters. The normalized spacial score (nSPS) is 19.3. The Bertz CT molecular complexity index is 2670. The Balaban J connectivity index is 0.000000171. The summed E-state index contributed by atoms with van der Waals surface area (Å²) in [5.41, 5.74) is 8.82. The van der Waals surface area contributed by atoms with E-state index in [1.54, 1.807) is 18.3 Å². The number of ether oxygens (including phenoxy) is 2. The Hall–Kier alpha value is -5.13. The summed E-state index contributed by atoms with van der Waals surface area (Å²) in [5.74, 6) is 0.749. The average molecular weight is 905 g/mol. The number of benzene rings is 2. The molecule has 0 unspecified atom stereocenters. The van der Waals surface area contributed by atoms with Crippen LogP contribution < -0.4 is 30.0 Å². The molecule has 0 spiro atoms. The third-order valence-corrected chi connectivity index (χ3v) is 11.8. The van der Waals surface area contributed by atoms with Crippen molar-refractivity contribution < 1.29 is 35.1 Å². The van der Waals surface area contributed by atoms with Crippen LogP contribution in [-0.4, -0.2) is 108 Å². The van der Waals surface area contributed by atoms with Crippen molar-refractivity contribution in [2.24, 2.45) is 5.73 Å². The van der Waals surface area contributed by atoms with Crippen LogP contribution in [0.15, 0.2) is 48.8 Å². The fourth-order valence-corrected chi connectivity index (χ4v) is 9.01. The maximum atomic E-state index is 13.7. The van der Waals surface area contributed by atoms with Gasteiger partial charge in [0.2, 0.25) is 31.3 Å². The van der Waals surface area contributed by atoms with Crippen molar-refractivity contribution in [2.45, 2.75) is 75.5 Å². The first-order chi connectivity index (χ1) is 29.0. The first kappa shape index (κ1) is 45.4. The predicted molar refractivity (Wildman–Crippen MR) is 228 cm³/mol. The van der Waals surface area contributed by atoms with Gasteiger partial charge in [0.15, 0.2) is 11.3 Å². The monoisotopic (exact) mass is 904 g/mol. The van der Waals surface area contributed by atoms with Gasteiger partial charge in [0.05, 0.1) is 48.9 Å². The number of fused-ring (bicyclic) bond motifs is 2. The molecule has 0 amide bonds. The highest BCUT2D eigenvalue weighted by atomic mass is 35.5. The zero-order chi connectivity index (χ0) is 43.9. The minimum absolute atomic E-state index is 0.0309. The zero-order valence-corrected chi connectivity index (χ0v) is 36.1. The van der Waals surface area contributed by atoms with Crippen molar-refractivity contribution in [1.82, 2.24) is 49.8 Å². The van der Waals surface area contributed by atoms with Gasteiger partial charge in [-0.2, -0.15) is 20.2 Å². The summed E-state index contributed by atoms with van der Waals surface area (Å²) in [6.07, 6.45) is 12.3. The van der Waals surface area contributed by atoms with E-state index in [1.807, 2.05) is 0 Å². The number of H-pyrrole nitrogens is 2. The number of nitrogens with zero attached hydrogens (tertiary/aromatic N) is 6. The van der Waals surface area contributed by atoms with Gasteiger partial charge in [0.25, 0.3) is 0 Å². The summed E-state index contributed by atoms with van der Waals surface area (Å²) in [7, 11) is -3.19. The molecule has 0 aliphatic heterocycles.